The van der Waals surface area contributed by atoms with Crippen molar-refractivity contribution < 1.29 is 27.4 Å². The summed E-state index contributed by atoms with van der Waals surface area (Å²) in [5.74, 6) is 0. The van der Waals surface area contributed by atoms with Crippen molar-refractivity contribution in [1.82, 2.24) is 0 Å². The second-order valence-corrected chi connectivity index (χ2v) is 2.33. The van der Waals surface area contributed by atoms with E-state index in [1.54, 1.807) is 18.2 Å². The van der Waals surface area contributed by atoms with Gasteiger partial charge in [-0.25, -0.2) is 4.79 Å². The lowest BCUT2D eigenvalue weighted by atomic mass is 10.3. The van der Waals surface area contributed by atoms with Crippen molar-refractivity contribution in [3.8, 4) is 0 Å². The minimum absolute atomic E-state index is 0. The maximum absolute atomic E-state index is 11.5. The number of halogens is 4. The monoisotopic (exact) mass is 225 g/mol. The Bertz CT molecular complexity index is 312. The highest BCUT2D eigenvalue weighted by atomic mass is 19.4. The predicted octanol–water partition coefficient (Wildman–Crippen LogP) is 2.91. The van der Waals surface area contributed by atoms with Crippen molar-refractivity contribution in [2.75, 3.05) is 5.32 Å². The number of rotatable bonds is 1. The number of nitrogens with one attached hydrogen (secondary N) is 1. The first-order valence-electron chi connectivity index (χ1n) is 3.59. The molecular weight excluding hydrogens is 218 g/mol. The smallest absolute Gasteiger partial charge is 0.356 e. The van der Waals surface area contributed by atoms with Crippen LogP contribution in [0.15, 0.2) is 30.3 Å². The molecule has 0 saturated carbocycles. The highest BCUT2D eigenvalue weighted by molar-refractivity contribution is 5.84. The van der Waals surface area contributed by atoms with Crippen molar-refractivity contribution >= 4 is 11.8 Å². The van der Waals surface area contributed by atoms with Crippen LogP contribution in [-0.2, 0) is 4.74 Å². The molecule has 1 aromatic carbocycles. The summed E-state index contributed by atoms with van der Waals surface area (Å²) in [6.45, 7) is 0. The number of hydrogen-bond acceptors (Lipinski definition) is 2. The van der Waals surface area contributed by atoms with Gasteiger partial charge in [-0.05, 0) is 12.1 Å². The molecule has 7 heteroatoms. The van der Waals surface area contributed by atoms with Crippen LogP contribution in [0.4, 0.5) is 28.4 Å². The number of ether oxygens (including phenoxy) is 1. The molecule has 0 aliphatic heterocycles. The van der Waals surface area contributed by atoms with Crippen LogP contribution in [0.5, 0.6) is 0 Å². The topological polar surface area (TPSA) is 38.3 Å². The first kappa shape index (κ1) is 13.2. The zero-order valence-electron chi connectivity index (χ0n) is 7.25. The molecule has 0 saturated heterocycles. The fourth-order valence-electron chi connectivity index (χ4n) is 0.770. The zero-order valence-corrected chi connectivity index (χ0v) is 7.25. The van der Waals surface area contributed by atoms with Gasteiger partial charge in [0.15, 0.2) is 0 Å². The van der Waals surface area contributed by atoms with Crippen LogP contribution in [0.25, 0.3) is 0 Å². The lowest BCUT2D eigenvalue weighted by molar-refractivity contribution is -0.289. The summed E-state index contributed by atoms with van der Waals surface area (Å²) in [6.07, 6.45) is -6.51. The molecule has 0 radical (unpaired) electrons. The number of amides is 1. The van der Waals surface area contributed by atoms with Crippen LogP contribution in [0, 0.1) is 0 Å². The van der Waals surface area contributed by atoms with E-state index in [0.29, 0.717) is 0 Å². The van der Waals surface area contributed by atoms with Gasteiger partial charge in [0, 0.05) is 5.69 Å². The Morgan fingerprint density at radius 2 is 1.73 bits per heavy atom. The molecule has 1 amide bonds. The van der Waals surface area contributed by atoms with Crippen LogP contribution in [0.1, 0.15) is 0 Å². The Kier molecular flexibility index (Phi) is 4.56. The van der Waals surface area contributed by atoms with Gasteiger partial charge in [0.1, 0.15) is 0 Å². The van der Waals surface area contributed by atoms with E-state index in [2.05, 4.69) is 4.74 Å². The van der Waals surface area contributed by atoms with Crippen molar-refractivity contribution in [1.29, 1.82) is 0 Å². The Labute approximate surface area is 82.2 Å². The second-order valence-electron chi connectivity index (χ2n) is 2.33. The maximum atomic E-state index is 11.5. The molecule has 0 aliphatic rings. The minimum Gasteiger partial charge on any atom is -0.356 e. The van der Waals surface area contributed by atoms with Gasteiger partial charge in [0.05, 0.1) is 0 Å². The highest BCUT2D eigenvalue weighted by Gasteiger charge is 2.33. The Hall–Kier alpha value is -1.79. The lowest BCUT2D eigenvalue weighted by Gasteiger charge is -2.08. The maximum Gasteiger partial charge on any atom is 0.576 e. The Morgan fingerprint density at radius 3 is 2.20 bits per heavy atom. The van der Waals surface area contributed by atoms with Gasteiger partial charge in [-0.2, -0.15) is 0 Å². The van der Waals surface area contributed by atoms with E-state index >= 15 is 0 Å². The van der Waals surface area contributed by atoms with E-state index in [-0.39, 0.29) is 10.4 Å². The second kappa shape index (κ2) is 5.18. The van der Waals surface area contributed by atoms with E-state index in [4.69, 9.17) is 0 Å². The number of alkyl halides is 3. The summed E-state index contributed by atoms with van der Waals surface area (Å²) in [5.41, 5.74) is 0.238. The molecule has 0 aromatic heterocycles. The molecule has 1 N–H and O–H groups in total. The van der Waals surface area contributed by atoms with Gasteiger partial charge in [0.25, 0.3) is 0 Å². The number of benzene rings is 1. The number of carbonyl (C=O) groups excluding carboxylic acids is 1. The quantitative estimate of drug-likeness (QED) is 0.746. The minimum atomic E-state index is -4.96. The van der Waals surface area contributed by atoms with Gasteiger partial charge in [-0.15, -0.1) is 13.2 Å². The third-order valence-corrected chi connectivity index (χ3v) is 1.23. The average molecular weight is 225 g/mol. The summed E-state index contributed by atoms with van der Waals surface area (Å²) < 4.78 is 37.7. The Morgan fingerprint density at radius 1 is 1.20 bits per heavy atom. The summed E-state index contributed by atoms with van der Waals surface area (Å²) >= 11 is 0. The molecule has 0 atom stereocenters. The number of anilines is 1. The highest BCUT2D eigenvalue weighted by Crippen LogP contribution is 2.17. The molecule has 0 fully saturated rings. The normalized spacial score (nSPS) is 10.1. The first-order valence-corrected chi connectivity index (χ1v) is 3.59. The fourth-order valence-corrected chi connectivity index (χ4v) is 0.770. The molecule has 0 bridgehead atoms. The van der Waals surface area contributed by atoms with Gasteiger partial charge in [0.2, 0.25) is 0 Å². The first-order chi connectivity index (χ1) is 6.47. The van der Waals surface area contributed by atoms with Crippen molar-refractivity contribution in [3.63, 3.8) is 0 Å². The van der Waals surface area contributed by atoms with E-state index in [1.807, 2.05) is 5.32 Å². The van der Waals surface area contributed by atoms with E-state index in [0.717, 1.165) is 0 Å². The van der Waals surface area contributed by atoms with E-state index < -0.39 is 12.5 Å². The summed E-state index contributed by atoms with van der Waals surface area (Å²) in [7, 11) is 0. The summed E-state index contributed by atoms with van der Waals surface area (Å²) in [4.78, 5) is 10.6. The fraction of sp³-hybridized carbons (Fsp3) is 0.125. The van der Waals surface area contributed by atoms with Crippen LogP contribution in [0.3, 0.4) is 0 Å². The van der Waals surface area contributed by atoms with Gasteiger partial charge in [-0.3, -0.25) is 10.0 Å². The van der Waals surface area contributed by atoms with Gasteiger partial charge < -0.3 is 4.74 Å². The van der Waals surface area contributed by atoms with Crippen LogP contribution >= 0.6 is 0 Å². The third kappa shape index (κ3) is 5.50. The predicted molar refractivity (Wildman–Crippen MR) is 45.1 cm³/mol. The summed E-state index contributed by atoms with van der Waals surface area (Å²) in [5, 5.41) is 1.92. The van der Waals surface area contributed by atoms with Gasteiger partial charge >= 0.3 is 12.5 Å². The lowest BCUT2D eigenvalue weighted by Crippen LogP contribution is -2.23. The Balaban J connectivity index is 0.00000196. The van der Waals surface area contributed by atoms with E-state index in [9.17, 15) is 18.0 Å². The van der Waals surface area contributed by atoms with Crippen LogP contribution in [0.2, 0.25) is 0 Å². The largest absolute Gasteiger partial charge is 0.576 e. The molecular formula is C8H7F4NO2. The summed E-state index contributed by atoms with van der Waals surface area (Å²) in [6, 6.07) is 7.70. The van der Waals surface area contributed by atoms with Gasteiger partial charge in [-0.1, -0.05) is 18.2 Å². The number of carbonyl (C=O) groups is 1. The van der Waals surface area contributed by atoms with Crippen molar-refractivity contribution in [2.24, 2.45) is 0 Å². The van der Waals surface area contributed by atoms with E-state index in [1.165, 1.54) is 12.1 Å². The molecule has 15 heavy (non-hydrogen) atoms. The zero-order chi connectivity index (χ0) is 10.6. The third-order valence-electron chi connectivity index (χ3n) is 1.23. The van der Waals surface area contributed by atoms with Crippen molar-refractivity contribution in [3.05, 3.63) is 30.3 Å². The molecule has 1 aromatic rings. The molecule has 84 valence electrons. The molecule has 0 spiro atoms. The number of para-hydroxylation sites is 1. The van der Waals surface area contributed by atoms with Crippen LogP contribution < -0.4 is 5.32 Å². The molecule has 0 unspecified atom stereocenters. The molecule has 1 rings (SSSR count). The SMILES string of the molecule is F.O=C(Nc1ccccc1)OC(F)(F)F. The molecule has 0 aliphatic carbocycles. The molecule has 3 nitrogen and oxygen atoms in total. The van der Waals surface area contributed by atoms with Crippen molar-refractivity contribution in [2.45, 2.75) is 6.36 Å². The molecule has 0 heterocycles. The standard InChI is InChI=1S/C8H6F3NO2.FH/c9-8(10,11)14-7(13)12-6-4-2-1-3-5-6;/h1-5H,(H,12,13);1H. The average Bonchev–Trinajstić information content (AvgIpc) is 2.02. The number of hydrogen-bond donors (Lipinski definition) is 1. The van der Waals surface area contributed by atoms with Crippen LogP contribution in [-0.4, -0.2) is 12.5 Å².